The van der Waals surface area contributed by atoms with Crippen molar-refractivity contribution in [3.63, 3.8) is 0 Å². The molecule has 1 aromatic rings. The zero-order valence-electron chi connectivity index (χ0n) is 7.57. The van der Waals surface area contributed by atoms with Crippen molar-refractivity contribution in [3.05, 3.63) is 23.4 Å². The van der Waals surface area contributed by atoms with Gasteiger partial charge < -0.3 is 5.11 Å². The van der Waals surface area contributed by atoms with Crippen molar-refractivity contribution in [2.45, 2.75) is 18.4 Å². The van der Waals surface area contributed by atoms with Crippen LogP contribution in [0.2, 0.25) is 0 Å². The van der Waals surface area contributed by atoms with Gasteiger partial charge in [0.2, 0.25) is 0 Å². The second kappa shape index (κ2) is 4.28. The number of aromatic nitrogens is 1. The van der Waals surface area contributed by atoms with Crippen LogP contribution in [-0.2, 0) is 6.42 Å². The molecule has 0 aliphatic heterocycles. The number of carbonyl (C=O) groups is 1. The van der Waals surface area contributed by atoms with Gasteiger partial charge in [-0.25, -0.2) is 9.78 Å². The summed E-state index contributed by atoms with van der Waals surface area (Å²) in [6, 6.07) is 3.20. The van der Waals surface area contributed by atoms with E-state index >= 15 is 0 Å². The van der Waals surface area contributed by atoms with Gasteiger partial charge in [-0.3, -0.25) is 0 Å². The Morgan fingerprint density at radius 3 is 2.77 bits per heavy atom. The zero-order chi connectivity index (χ0) is 9.84. The van der Waals surface area contributed by atoms with E-state index in [4.69, 9.17) is 5.11 Å². The molecule has 70 valence electrons. The molecule has 4 heteroatoms. The van der Waals surface area contributed by atoms with Crippen LogP contribution >= 0.6 is 11.8 Å². The van der Waals surface area contributed by atoms with Crippen molar-refractivity contribution in [2.24, 2.45) is 0 Å². The van der Waals surface area contributed by atoms with E-state index in [1.165, 1.54) is 11.8 Å². The van der Waals surface area contributed by atoms with Gasteiger partial charge >= 0.3 is 5.97 Å². The lowest BCUT2D eigenvalue weighted by Gasteiger charge is -2.02. The molecule has 0 aliphatic rings. The van der Waals surface area contributed by atoms with E-state index in [0.29, 0.717) is 5.56 Å². The van der Waals surface area contributed by atoms with E-state index in [9.17, 15) is 4.79 Å². The molecular formula is C9H11NO2S. The Kier molecular flexibility index (Phi) is 3.31. The van der Waals surface area contributed by atoms with Crippen molar-refractivity contribution in [1.82, 2.24) is 4.98 Å². The molecule has 1 aromatic heterocycles. The highest BCUT2D eigenvalue weighted by molar-refractivity contribution is 7.98. The number of thioether (sulfide) groups is 1. The van der Waals surface area contributed by atoms with Crippen molar-refractivity contribution in [2.75, 3.05) is 6.26 Å². The van der Waals surface area contributed by atoms with Crippen LogP contribution in [0.3, 0.4) is 0 Å². The molecule has 1 N–H and O–H groups in total. The van der Waals surface area contributed by atoms with Crippen molar-refractivity contribution < 1.29 is 9.90 Å². The van der Waals surface area contributed by atoms with Crippen LogP contribution in [0.4, 0.5) is 0 Å². The zero-order valence-corrected chi connectivity index (χ0v) is 8.39. The summed E-state index contributed by atoms with van der Waals surface area (Å²) in [4.78, 5) is 15.0. The summed E-state index contributed by atoms with van der Waals surface area (Å²) < 4.78 is 0. The van der Waals surface area contributed by atoms with Crippen LogP contribution in [0.1, 0.15) is 23.0 Å². The lowest BCUT2D eigenvalue weighted by Crippen LogP contribution is -2.00. The first-order valence-corrected chi connectivity index (χ1v) is 5.18. The highest BCUT2D eigenvalue weighted by Gasteiger charge is 2.06. The molecule has 1 heterocycles. The molecular weight excluding hydrogens is 186 g/mol. The Morgan fingerprint density at radius 2 is 2.31 bits per heavy atom. The van der Waals surface area contributed by atoms with E-state index in [1.807, 2.05) is 13.2 Å². The smallest absolute Gasteiger partial charge is 0.335 e. The van der Waals surface area contributed by atoms with Crippen LogP contribution in [0.25, 0.3) is 0 Å². The molecule has 0 amide bonds. The first-order chi connectivity index (χ1) is 6.17. The van der Waals surface area contributed by atoms with E-state index in [1.54, 1.807) is 12.1 Å². The fourth-order valence-electron chi connectivity index (χ4n) is 0.969. The predicted octanol–water partition coefficient (Wildman–Crippen LogP) is 2.06. The lowest BCUT2D eigenvalue weighted by molar-refractivity contribution is 0.0696. The summed E-state index contributed by atoms with van der Waals surface area (Å²) in [6.07, 6.45) is 2.64. The SMILES string of the molecule is CCc1cc(C(=O)O)cc(SC)n1. The molecule has 0 fully saturated rings. The average Bonchev–Trinajstić information content (AvgIpc) is 2.16. The predicted molar refractivity (Wildman–Crippen MR) is 52.4 cm³/mol. The van der Waals surface area contributed by atoms with Crippen LogP contribution in [0.15, 0.2) is 17.2 Å². The molecule has 0 bridgehead atoms. The molecule has 0 unspecified atom stereocenters. The summed E-state index contributed by atoms with van der Waals surface area (Å²) in [5.41, 5.74) is 1.14. The maximum atomic E-state index is 10.7. The average molecular weight is 197 g/mol. The molecule has 0 saturated heterocycles. The lowest BCUT2D eigenvalue weighted by atomic mass is 10.2. The van der Waals surface area contributed by atoms with Gasteiger partial charge in [0, 0.05) is 5.69 Å². The Labute approximate surface area is 81.2 Å². The number of carboxylic acid groups (broad SMARTS) is 1. The first-order valence-electron chi connectivity index (χ1n) is 3.95. The summed E-state index contributed by atoms with van der Waals surface area (Å²) in [5, 5.41) is 9.55. The third-order valence-electron chi connectivity index (χ3n) is 1.67. The number of carboxylic acids is 1. The molecule has 0 aromatic carbocycles. The fourth-order valence-corrected chi connectivity index (χ4v) is 1.42. The Balaban J connectivity index is 3.14. The van der Waals surface area contributed by atoms with Crippen LogP contribution in [0, 0.1) is 0 Å². The van der Waals surface area contributed by atoms with Crippen LogP contribution < -0.4 is 0 Å². The van der Waals surface area contributed by atoms with Crippen molar-refractivity contribution in [1.29, 1.82) is 0 Å². The highest BCUT2D eigenvalue weighted by Crippen LogP contribution is 2.15. The number of pyridine rings is 1. The van der Waals surface area contributed by atoms with Gasteiger partial charge in [-0.15, -0.1) is 11.8 Å². The molecule has 13 heavy (non-hydrogen) atoms. The van der Waals surface area contributed by atoms with Gasteiger partial charge in [-0.05, 0) is 24.8 Å². The standard InChI is InChI=1S/C9H11NO2S/c1-3-7-4-6(9(11)12)5-8(10-7)13-2/h4-5H,3H2,1-2H3,(H,11,12). The molecule has 0 spiro atoms. The van der Waals surface area contributed by atoms with Crippen molar-refractivity contribution >= 4 is 17.7 Å². The second-order valence-corrected chi connectivity index (χ2v) is 3.37. The largest absolute Gasteiger partial charge is 0.478 e. The summed E-state index contributed by atoms with van der Waals surface area (Å²) in [6.45, 7) is 1.96. The normalized spacial score (nSPS) is 10.0. The molecule has 0 saturated carbocycles. The van der Waals surface area contributed by atoms with Gasteiger partial charge in [0.1, 0.15) is 0 Å². The molecule has 0 radical (unpaired) electrons. The van der Waals surface area contributed by atoms with Gasteiger partial charge in [0.05, 0.1) is 10.6 Å². The molecule has 0 atom stereocenters. The van der Waals surface area contributed by atoms with E-state index in [-0.39, 0.29) is 0 Å². The van der Waals surface area contributed by atoms with Gasteiger partial charge in [0.25, 0.3) is 0 Å². The minimum atomic E-state index is -0.896. The van der Waals surface area contributed by atoms with E-state index in [2.05, 4.69) is 4.98 Å². The second-order valence-electron chi connectivity index (χ2n) is 2.55. The van der Waals surface area contributed by atoms with Gasteiger partial charge in [-0.2, -0.15) is 0 Å². The summed E-state index contributed by atoms with van der Waals surface area (Å²) in [5.74, 6) is -0.896. The minimum absolute atomic E-state index is 0.316. The number of hydrogen-bond acceptors (Lipinski definition) is 3. The Bertz CT molecular complexity index is 303. The number of nitrogens with zero attached hydrogens (tertiary/aromatic N) is 1. The Hall–Kier alpha value is -1.03. The molecule has 3 nitrogen and oxygen atoms in total. The van der Waals surface area contributed by atoms with Crippen molar-refractivity contribution in [3.8, 4) is 0 Å². The van der Waals surface area contributed by atoms with E-state index < -0.39 is 5.97 Å². The number of rotatable bonds is 3. The van der Waals surface area contributed by atoms with Gasteiger partial charge in [-0.1, -0.05) is 6.92 Å². The van der Waals surface area contributed by atoms with Crippen LogP contribution in [-0.4, -0.2) is 22.3 Å². The quantitative estimate of drug-likeness (QED) is 0.753. The monoisotopic (exact) mass is 197 g/mol. The third-order valence-corrected chi connectivity index (χ3v) is 2.30. The van der Waals surface area contributed by atoms with Gasteiger partial charge in [0.15, 0.2) is 0 Å². The number of aryl methyl sites for hydroxylation is 1. The maximum absolute atomic E-state index is 10.7. The first kappa shape index (κ1) is 10.1. The topological polar surface area (TPSA) is 50.2 Å². The van der Waals surface area contributed by atoms with E-state index in [0.717, 1.165) is 17.1 Å². The maximum Gasteiger partial charge on any atom is 0.335 e. The number of hydrogen-bond donors (Lipinski definition) is 1. The Morgan fingerprint density at radius 1 is 1.62 bits per heavy atom. The molecule has 0 aliphatic carbocycles. The van der Waals surface area contributed by atoms with Crippen LogP contribution in [0.5, 0.6) is 0 Å². The summed E-state index contributed by atoms with van der Waals surface area (Å²) in [7, 11) is 0. The number of aromatic carboxylic acids is 1. The third kappa shape index (κ3) is 2.45. The summed E-state index contributed by atoms with van der Waals surface area (Å²) >= 11 is 1.46. The minimum Gasteiger partial charge on any atom is -0.478 e. The highest BCUT2D eigenvalue weighted by atomic mass is 32.2. The fraction of sp³-hybridized carbons (Fsp3) is 0.333. The molecule has 1 rings (SSSR count).